The third-order valence-electron chi connectivity index (χ3n) is 3.47. The molecule has 0 aliphatic carbocycles. The van der Waals surface area contributed by atoms with Crippen LogP contribution in [0.1, 0.15) is 30.4 Å². The van der Waals surface area contributed by atoms with Gasteiger partial charge >= 0.3 is 0 Å². The van der Waals surface area contributed by atoms with Gasteiger partial charge in [0.05, 0.1) is 11.7 Å². The lowest BCUT2D eigenvalue weighted by Gasteiger charge is -2.26. The molecule has 2 rings (SSSR count). The third-order valence-corrected chi connectivity index (χ3v) is 5.42. The van der Waals surface area contributed by atoms with E-state index < -0.39 is 10.2 Å². The first-order chi connectivity index (χ1) is 9.82. The summed E-state index contributed by atoms with van der Waals surface area (Å²) in [6.45, 7) is 1.23. The van der Waals surface area contributed by atoms with Gasteiger partial charge in [0.15, 0.2) is 0 Å². The molecule has 0 aromatic carbocycles. The van der Waals surface area contributed by atoms with E-state index in [9.17, 15) is 8.42 Å². The van der Waals surface area contributed by atoms with Crippen LogP contribution in [0.4, 0.5) is 0 Å². The average Bonchev–Trinajstić information content (AvgIpc) is 2.87. The lowest BCUT2D eigenvalue weighted by molar-refractivity contribution is 0.349. The van der Waals surface area contributed by atoms with Gasteiger partial charge in [-0.25, -0.2) is 9.97 Å². The Balaban J connectivity index is 2.28. The first kappa shape index (κ1) is 16.3. The van der Waals surface area contributed by atoms with Crippen LogP contribution in [0.3, 0.4) is 0 Å². The van der Waals surface area contributed by atoms with Crippen LogP contribution in [0.2, 0.25) is 0 Å². The second-order valence-electron chi connectivity index (χ2n) is 5.70. The summed E-state index contributed by atoms with van der Waals surface area (Å²) in [6.07, 6.45) is 3.30. The van der Waals surface area contributed by atoms with E-state index in [0.29, 0.717) is 18.9 Å². The number of hydrogen-bond acceptors (Lipinski definition) is 5. The predicted molar refractivity (Wildman–Crippen MR) is 80.7 cm³/mol. The highest BCUT2D eigenvalue weighted by atomic mass is 32.2. The molecule has 0 saturated carbocycles. The van der Waals surface area contributed by atoms with Crippen LogP contribution >= 0.6 is 0 Å². The van der Waals surface area contributed by atoms with Crippen LogP contribution < -0.4 is 0 Å². The number of hydrogen-bond donors (Lipinski definition) is 0. The fraction of sp³-hybridized carbons (Fsp3) is 0.692. The van der Waals surface area contributed by atoms with Crippen molar-refractivity contribution in [2.75, 3.05) is 34.7 Å². The van der Waals surface area contributed by atoms with E-state index in [0.717, 1.165) is 18.5 Å². The maximum Gasteiger partial charge on any atom is 0.282 e. The summed E-state index contributed by atoms with van der Waals surface area (Å²) in [4.78, 5) is 10.9. The van der Waals surface area contributed by atoms with Crippen molar-refractivity contribution < 1.29 is 8.42 Å². The van der Waals surface area contributed by atoms with Gasteiger partial charge in [0.2, 0.25) is 0 Å². The summed E-state index contributed by atoms with van der Waals surface area (Å²) in [5.74, 6) is 0.595. The van der Waals surface area contributed by atoms with Crippen molar-refractivity contribution in [1.82, 2.24) is 23.5 Å². The Morgan fingerprint density at radius 3 is 2.67 bits per heavy atom. The summed E-state index contributed by atoms with van der Waals surface area (Å²) in [6, 6.07) is 1.60. The van der Waals surface area contributed by atoms with Crippen LogP contribution in [0.25, 0.3) is 0 Å². The Labute approximate surface area is 126 Å². The normalized spacial score (nSPS) is 20.6. The minimum atomic E-state index is -3.43. The molecular formula is C13H23N5O2S. The van der Waals surface area contributed by atoms with Crippen molar-refractivity contribution in [3.05, 3.63) is 23.8 Å². The van der Waals surface area contributed by atoms with Gasteiger partial charge in [-0.05, 0) is 33.0 Å². The van der Waals surface area contributed by atoms with E-state index in [1.54, 1.807) is 20.3 Å². The van der Waals surface area contributed by atoms with Crippen molar-refractivity contribution in [3.8, 4) is 0 Å². The third kappa shape index (κ3) is 3.57. The molecule has 0 radical (unpaired) electrons. The average molecular weight is 313 g/mol. The molecule has 1 saturated heterocycles. The molecule has 1 aliphatic heterocycles. The molecule has 1 aliphatic rings. The van der Waals surface area contributed by atoms with Gasteiger partial charge in [0, 0.05) is 33.4 Å². The smallest absolute Gasteiger partial charge is 0.282 e. The van der Waals surface area contributed by atoms with Crippen molar-refractivity contribution in [1.29, 1.82) is 0 Å². The molecule has 118 valence electrons. The van der Waals surface area contributed by atoms with Crippen LogP contribution in [-0.2, 0) is 16.8 Å². The van der Waals surface area contributed by atoms with Gasteiger partial charge in [-0.1, -0.05) is 0 Å². The lowest BCUT2D eigenvalue weighted by atomic mass is 10.2. The number of nitrogens with zero attached hydrogens (tertiary/aromatic N) is 5. The summed E-state index contributed by atoms with van der Waals surface area (Å²) < 4.78 is 27.5. The molecule has 8 heteroatoms. The Morgan fingerprint density at radius 1 is 1.33 bits per heavy atom. The summed E-state index contributed by atoms with van der Waals surface area (Å²) in [7, 11) is 3.61. The van der Waals surface area contributed by atoms with Gasteiger partial charge < -0.3 is 4.90 Å². The summed E-state index contributed by atoms with van der Waals surface area (Å²) in [5.41, 5.74) is 0.902. The van der Waals surface area contributed by atoms with Crippen LogP contribution in [0.5, 0.6) is 0 Å². The fourth-order valence-corrected chi connectivity index (χ4v) is 3.77. The molecule has 0 bridgehead atoms. The Hall–Kier alpha value is -1.09. The van der Waals surface area contributed by atoms with Crippen molar-refractivity contribution >= 4 is 10.2 Å². The Kier molecular flexibility index (Phi) is 4.92. The zero-order chi connectivity index (χ0) is 15.6. The molecular weight excluding hydrogens is 290 g/mol. The Morgan fingerprint density at radius 2 is 2.05 bits per heavy atom. The molecule has 0 unspecified atom stereocenters. The highest BCUT2D eigenvalue weighted by Gasteiger charge is 2.38. The largest absolute Gasteiger partial charge is 0.304 e. The fourth-order valence-electron chi connectivity index (χ4n) is 2.47. The second kappa shape index (κ2) is 6.35. The van der Waals surface area contributed by atoms with E-state index in [1.807, 2.05) is 25.1 Å². The highest BCUT2D eigenvalue weighted by molar-refractivity contribution is 7.86. The highest BCUT2D eigenvalue weighted by Crippen LogP contribution is 2.32. The molecule has 2 heterocycles. The second-order valence-corrected chi connectivity index (χ2v) is 7.80. The summed E-state index contributed by atoms with van der Waals surface area (Å²) >= 11 is 0. The first-order valence-electron chi connectivity index (χ1n) is 6.98. The molecule has 1 atom stereocenters. The van der Waals surface area contributed by atoms with E-state index in [-0.39, 0.29) is 6.04 Å². The first-order valence-corrected chi connectivity index (χ1v) is 8.38. The minimum absolute atomic E-state index is 0.264. The van der Waals surface area contributed by atoms with Gasteiger partial charge in [-0.2, -0.15) is 17.0 Å². The predicted octanol–water partition coefficient (Wildman–Crippen LogP) is 0.482. The molecule has 0 spiro atoms. The lowest BCUT2D eigenvalue weighted by Crippen LogP contribution is -2.40. The quantitative estimate of drug-likeness (QED) is 0.791. The van der Waals surface area contributed by atoms with Crippen molar-refractivity contribution in [2.24, 2.45) is 0 Å². The molecule has 0 N–H and O–H groups in total. The molecule has 1 fully saturated rings. The van der Waals surface area contributed by atoms with E-state index in [1.165, 1.54) is 8.61 Å². The molecule has 7 nitrogen and oxygen atoms in total. The van der Waals surface area contributed by atoms with Crippen LogP contribution in [0, 0.1) is 0 Å². The van der Waals surface area contributed by atoms with Gasteiger partial charge in [0.1, 0.15) is 5.82 Å². The molecule has 1 aromatic rings. The van der Waals surface area contributed by atoms with E-state index >= 15 is 0 Å². The zero-order valence-corrected chi connectivity index (χ0v) is 13.8. The molecule has 0 amide bonds. The van der Waals surface area contributed by atoms with E-state index in [4.69, 9.17) is 0 Å². The van der Waals surface area contributed by atoms with Gasteiger partial charge in [0.25, 0.3) is 10.2 Å². The van der Waals surface area contributed by atoms with Crippen molar-refractivity contribution in [2.45, 2.75) is 25.4 Å². The SMILES string of the molecule is CN(C)Cc1ccnc([C@H]2CCCN2S(=O)(=O)N(C)C)n1. The number of rotatable bonds is 5. The standard InChI is InChI=1S/C13H23N5O2S/c1-16(2)10-11-7-8-14-13(15-11)12-6-5-9-18(12)21(19,20)17(3)4/h7-8,12H,5-6,9-10H2,1-4H3/t12-/m1/s1. The molecule has 21 heavy (non-hydrogen) atoms. The monoisotopic (exact) mass is 313 g/mol. The van der Waals surface area contributed by atoms with Crippen LogP contribution in [-0.4, -0.2) is 66.6 Å². The number of aromatic nitrogens is 2. The topological polar surface area (TPSA) is 69.6 Å². The minimum Gasteiger partial charge on any atom is -0.304 e. The van der Waals surface area contributed by atoms with Gasteiger partial charge in [-0.15, -0.1) is 0 Å². The maximum absolute atomic E-state index is 12.4. The summed E-state index contributed by atoms with van der Waals surface area (Å²) in [5, 5.41) is 0. The van der Waals surface area contributed by atoms with Crippen molar-refractivity contribution in [3.63, 3.8) is 0 Å². The van der Waals surface area contributed by atoms with Gasteiger partial charge in [-0.3, -0.25) is 0 Å². The maximum atomic E-state index is 12.4. The van der Waals surface area contributed by atoms with E-state index in [2.05, 4.69) is 9.97 Å². The van der Waals surface area contributed by atoms with Crippen LogP contribution in [0.15, 0.2) is 12.3 Å². The molecule has 1 aromatic heterocycles. The Bertz CT molecular complexity index is 588. The zero-order valence-electron chi connectivity index (χ0n) is 13.0.